The molecular formula is C23H29N3O3S. The summed E-state index contributed by atoms with van der Waals surface area (Å²) in [4.78, 5) is 15.1. The Labute approximate surface area is 178 Å². The predicted octanol–water partition coefficient (Wildman–Crippen LogP) is 3.25. The van der Waals surface area contributed by atoms with Gasteiger partial charge in [0.1, 0.15) is 0 Å². The van der Waals surface area contributed by atoms with Crippen molar-refractivity contribution in [3.05, 3.63) is 59.7 Å². The first kappa shape index (κ1) is 20.9. The molecule has 2 aromatic carbocycles. The Bertz CT molecular complexity index is 1000. The van der Waals surface area contributed by atoms with Gasteiger partial charge in [0, 0.05) is 43.5 Å². The number of rotatable bonds is 6. The number of sulfonamides is 1. The van der Waals surface area contributed by atoms with Crippen LogP contribution >= 0.6 is 0 Å². The Morgan fingerprint density at radius 1 is 1.07 bits per heavy atom. The summed E-state index contributed by atoms with van der Waals surface area (Å²) < 4.78 is 26.9. The lowest BCUT2D eigenvalue weighted by molar-refractivity contribution is -0.120. The molecule has 7 heteroatoms. The van der Waals surface area contributed by atoms with Gasteiger partial charge in [0.25, 0.3) is 0 Å². The molecule has 0 aliphatic carbocycles. The lowest BCUT2D eigenvalue weighted by atomic mass is 9.97. The summed E-state index contributed by atoms with van der Waals surface area (Å²) in [5.74, 6) is -0.173. The Kier molecular flexibility index (Phi) is 6.11. The van der Waals surface area contributed by atoms with E-state index in [0.29, 0.717) is 25.9 Å². The normalized spacial score (nSPS) is 17.7. The van der Waals surface area contributed by atoms with E-state index in [0.717, 1.165) is 30.8 Å². The predicted molar refractivity (Wildman–Crippen MR) is 120 cm³/mol. The first-order valence-electron chi connectivity index (χ1n) is 10.7. The number of benzene rings is 2. The van der Waals surface area contributed by atoms with Crippen molar-refractivity contribution in [2.24, 2.45) is 5.92 Å². The summed E-state index contributed by atoms with van der Waals surface area (Å²) >= 11 is 0. The fourth-order valence-electron chi connectivity index (χ4n) is 4.37. The molecular weight excluding hydrogens is 398 g/mol. The van der Waals surface area contributed by atoms with E-state index in [9.17, 15) is 13.2 Å². The molecule has 0 aromatic heterocycles. The molecule has 160 valence electrons. The zero-order valence-corrected chi connectivity index (χ0v) is 18.2. The summed E-state index contributed by atoms with van der Waals surface area (Å²) in [7, 11) is -3.36. The van der Waals surface area contributed by atoms with Gasteiger partial charge < -0.3 is 10.2 Å². The topological polar surface area (TPSA) is 69.7 Å². The van der Waals surface area contributed by atoms with E-state index < -0.39 is 10.0 Å². The summed E-state index contributed by atoms with van der Waals surface area (Å²) in [6, 6.07) is 15.3. The van der Waals surface area contributed by atoms with Crippen LogP contribution in [0.4, 0.5) is 11.4 Å². The van der Waals surface area contributed by atoms with Crippen LogP contribution in [-0.4, -0.2) is 44.8 Å². The van der Waals surface area contributed by atoms with Crippen LogP contribution in [0, 0.1) is 5.92 Å². The second-order valence-electron chi connectivity index (χ2n) is 8.08. The number of piperidine rings is 1. The molecule has 0 atom stereocenters. The summed E-state index contributed by atoms with van der Waals surface area (Å²) in [5.41, 5.74) is 4.14. The monoisotopic (exact) mass is 427 g/mol. The number of nitrogens with zero attached hydrogens (tertiary/aromatic N) is 2. The highest BCUT2D eigenvalue weighted by Gasteiger charge is 2.31. The van der Waals surface area contributed by atoms with Gasteiger partial charge in [-0.25, -0.2) is 12.7 Å². The quantitative estimate of drug-likeness (QED) is 0.768. The molecule has 1 fully saturated rings. The van der Waals surface area contributed by atoms with Crippen molar-refractivity contribution in [2.45, 2.75) is 31.9 Å². The average molecular weight is 428 g/mol. The molecule has 30 heavy (non-hydrogen) atoms. The molecule has 2 aliphatic rings. The van der Waals surface area contributed by atoms with E-state index in [-0.39, 0.29) is 17.6 Å². The average Bonchev–Trinajstić information content (AvgIpc) is 3.16. The number of hydrogen-bond acceptors (Lipinski definition) is 4. The van der Waals surface area contributed by atoms with Gasteiger partial charge in [-0.2, -0.15) is 0 Å². The van der Waals surface area contributed by atoms with Crippen LogP contribution < -0.4 is 10.2 Å². The van der Waals surface area contributed by atoms with Crippen LogP contribution in [0.15, 0.2) is 48.5 Å². The fourth-order valence-corrected chi connectivity index (χ4v) is 5.93. The summed E-state index contributed by atoms with van der Waals surface area (Å²) in [5, 5.41) is 3.05. The fraction of sp³-hybridized carbons (Fsp3) is 0.435. The van der Waals surface area contributed by atoms with Crippen molar-refractivity contribution < 1.29 is 13.2 Å². The lowest BCUT2D eigenvalue weighted by Crippen LogP contribution is -2.41. The maximum Gasteiger partial charge on any atom is 0.227 e. The molecule has 0 unspecified atom stereocenters. The highest BCUT2D eigenvalue weighted by molar-refractivity contribution is 7.88. The van der Waals surface area contributed by atoms with Crippen molar-refractivity contribution in [2.75, 3.05) is 36.4 Å². The zero-order chi connectivity index (χ0) is 21.1. The molecule has 2 aliphatic heterocycles. The maximum atomic E-state index is 12.8. The highest BCUT2D eigenvalue weighted by Crippen LogP contribution is 2.31. The van der Waals surface area contributed by atoms with Gasteiger partial charge in [0.05, 0.1) is 5.75 Å². The van der Waals surface area contributed by atoms with Gasteiger partial charge in [-0.05, 0) is 49.4 Å². The van der Waals surface area contributed by atoms with Crippen LogP contribution in [0.1, 0.15) is 30.9 Å². The van der Waals surface area contributed by atoms with Crippen molar-refractivity contribution in [1.29, 1.82) is 0 Å². The third-order valence-electron chi connectivity index (χ3n) is 6.14. The van der Waals surface area contributed by atoms with E-state index >= 15 is 0 Å². The second-order valence-corrected chi connectivity index (χ2v) is 10.0. The summed E-state index contributed by atoms with van der Waals surface area (Å²) in [6.07, 6.45) is 2.14. The smallest absolute Gasteiger partial charge is 0.227 e. The van der Waals surface area contributed by atoms with Crippen LogP contribution in [0.25, 0.3) is 0 Å². The number of carbonyl (C=O) groups is 1. The Hall–Kier alpha value is -2.38. The van der Waals surface area contributed by atoms with E-state index in [1.165, 1.54) is 15.6 Å². The molecule has 0 radical (unpaired) electrons. The number of fused-ring (bicyclic) bond motifs is 1. The molecule has 0 spiro atoms. The number of hydrogen-bond donors (Lipinski definition) is 1. The minimum absolute atomic E-state index is 0.00770. The lowest BCUT2D eigenvalue weighted by Gasteiger charge is -2.30. The third-order valence-corrected chi connectivity index (χ3v) is 7.99. The Balaban J connectivity index is 1.34. The Morgan fingerprint density at radius 2 is 1.80 bits per heavy atom. The molecule has 2 heterocycles. The van der Waals surface area contributed by atoms with E-state index in [4.69, 9.17) is 0 Å². The second kappa shape index (κ2) is 8.78. The number of carbonyl (C=O) groups excluding carboxylic acids is 1. The van der Waals surface area contributed by atoms with Crippen molar-refractivity contribution in [3.8, 4) is 0 Å². The van der Waals surface area contributed by atoms with Crippen LogP contribution in [0.2, 0.25) is 0 Å². The van der Waals surface area contributed by atoms with Crippen molar-refractivity contribution in [1.82, 2.24) is 4.31 Å². The van der Waals surface area contributed by atoms with E-state index in [1.54, 1.807) is 0 Å². The molecule has 1 saturated heterocycles. The molecule has 2 aromatic rings. The van der Waals surface area contributed by atoms with Crippen LogP contribution in [0.3, 0.4) is 0 Å². The standard InChI is InChI=1S/C23H29N3O3S/c1-2-25-13-10-19-8-9-21(16-22(19)25)24-23(27)20-11-14-26(15-12-20)30(28,29)17-18-6-4-3-5-7-18/h3-9,16,20H,2,10-15,17H2,1H3,(H,24,27). The van der Waals surface area contributed by atoms with Gasteiger partial charge in [-0.1, -0.05) is 36.4 Å². The zero-order valence-electron chi connectivity index (χ0n) is 17.4. The van der Waals surface area contributed by atoms with Crippen LogP contribution in [0.5, 0.6) is 0 Å². The number of likely N-dealkylation sites (N-methyl/N-ethyl adjacent to an activating group) is 1. The highest BCUT2D eigenvalue weighted by atomic mass is 32.2. The molecule has 0 saturated carbocycles. The van der Waals surface area contributed by atoms with Crippen molar-refractivity contribution in [3.63, 3.8) is 0 Å². The first-order valence-corrected chi connectivity index (χ1v) is 12.3. The van der Waals surface area contributed by atoms with Gasteiger partial charge >= 0.3 is 0 Å². The van der Waals surface area contributed by atoms with Crippen LogP contribution in [-0.2, 0) is 27.0 Å². The van der Waals surface area contributed by atoms with Crippen molar-refractivity contribution >= 4 is 27.3 Å². The third kappa shape index (κ3) is 4.52. The maximum absolute atomic E-state index is 12.8. The first-order chi connectivity index (χ1) is 14.5. The Morgan fingerprint density at radius 3 is 2.50 bits per heavy atom. The van der Waals surface area contributed by atoms with Gasteiger partial charge in [-0.15, -0.1) is 0 Å². The SMILES string of the molecule is CCN1CCc2ccc(NC(=O)C3CCN(S(=O)(=O)Cc4ccccc4)CC3)cc21. The minimum Gasteiger partial charge on any atom is -0.371 e. The molecule has 0 bridgehead atoms. The molecule has 6 nitrogen and oxygen atoms in total. The minimum atomic E-state index is -3.36. The van der Waals surface area contributed by atoms with Gasteiger partial charge in [-0.3, -0.25) is 4.79 Å². The number of amides is 1. The largest absolute Gasteiger partial charge is 0.371 e. The number of nitrogens with one attached hydrogen (secondary N) is 1. The molecule has 1 N–H and O–H groups in total. The van der Waals surface area contributed by atoms with E-state index in [1.807, 2.05) is 36.4 Å². The molecule has 4 rings (SSSR count). The van der Waals surface area contributed by atoms with Gasteiger partial charge in [0.2, 0.25) is 15.9 Å². The molecule has 1 amide bonds. The summed E-state index contributed by atoms with van der Waals surface area (Å²) in [6.45, 7) is 4.90. The van der Waals surface area contributed by atoms with E-state index in [2.05, 4.69) is 29.3 Å². The number of anilines is 2. The van der Waals surface area contributed by atoms with Gasteiger partial charge in [0.15, 0.2) is 0 Å².